The van der Waals surface area contributed by atoms with Crippen molar-refractivity contribution < 1.29 is 9.53 Å². The normalized spacial score (nSPS) is 17.6. The molecule has 0 heterocycles. The minimum Gasteiger partial charge on any atom is -0.417 e. The molecular formula is C17H34O2Si. The summed E-state index contributed by atoms with van der Waals surface area (Å²) in [5.41, 5.74) is 1.04. The maximum atomic E-state index is 10.2. The van der Waals surface area contributed by atoms with E-state index in [-0.39, 0.29) is 5.04 Å². The molecule has 1 N–H and O–H groups in total. The summed E-state index contributed by atoms with van der Waals surface area (Å²) in [6.07, 6.45) is 6.57. The Kier molecular flexibility index (Phi) is 8.00. The lowest BCUT2D eigenvalue weighted by Crippen LogP contribution is -2.41. The van der Waals surface area contributed by atoms with Crippen LogP contribution in [0, 0.1) is 5.92 Å². The van der Waals surface area contributed by atoms with E-state index in [4.69, 9.17) is 4.43 Å². The molecule has 0 aliphatic heterocycles. The third kappa shape index (κ3) is 6.87. The van der Waals surface area contributed by atoms with Gasteiger partial charge in [-0.15, -0.1) is 0 Å². The Morgan fingerprint density at radius 2 is 1.85 bits per heavy atom. The van der Waals surface area contributed by atoms with E-state index in [2.05, 4.69) is 52.9 Å². The molecule has 0 aromatic heterocycles. The summed E-state index contributed by atoms with van der Waals surface area (Å²) >= 11 is 0. The molecule has 0 rings (SSSR count). The van der Waals surface area contributed by atoms with Crippen LogP contribution in [-0.4, -0.2) is 26.1 Å². The highest BCUT2D eigenvalue weighted by molar-refractivity contribution is 6.74. The highest BCUT2D eigenvalue weighted by Gasteiger charge is 2.36. The number of aliphatic hydroxyl groups is 1. The van der Waals surface area contributed by atoms with Gasteiger partial charge in [0.2, 0.25) is 0 Å². The van der Waals surface area contributed by atoms with Crippen molar-refractivity contribution in [2.45, 2.75) is 72.2 Å². The molecule has 118 valence electrons. The van der Waals surface area contributed by atoms with E-state index in [1.54, 1.807) is 0 Å². The first-order valence-corrected chi connectivity index (χ1v) is 10.5. The zero-order chi connectivity index (χ0) is 16.0. The van der Waals surface area contributed by atoms with Crippen LogP contribution >= 0.6 is 0 Å². The number of hydrogen-bond acceptors (Lipinski definition) is 2. The summed E-state index contributed by atoms with van der Waals surface area (Å²) < 4.78 is 6.10. The quantitative estimate of drug-likeness (QED) is 0.534. The molecular weight excluding hydrogens is 264 g/mol. The second-order valence-corrected chi connectivity index (χ2v) is 12.0. The number of aliphatic hydroxyl groups excluding tert-OH is 1. The van der Waals surface area contributed by atoms with Gasteiger partial charge in [0.15, 0.2) is 8.32 Å². The lowest BCUT2D eigenvalue weighted by Gasteiger charge is -2.36. The Balaban J connectivity index is 4.34. The van der Waals surface area contributed by atoms with Gasteiger partial charge in [-0.25, -0.2) is 0 Å². The topological polar surface area (TPSA) is 29.5 Å². The van der Waals surface area contributed by atoms with Gasteiger partial charge in [0, 0.05) is 6.61 Å². The standard InChI is InChI=1S/C17H34O2Si/c1-9-10-14(2)13-15(3)16(18)11-12-19-20(7,8)17(4,5)6/h9-10,13-14,16,18H,11-12H2,1-8H3/b10-9-,15-13+/t14-,16?/m0/s1. The molecule has 0 saturated carbocycles. The molecule has 2 nitrogen and oxygen atoms in total. The van der Waals surface area contributed by atoms with E-state index in [0.29, 0.717) is 18.9 Å². The predicted octanol–water partition coefficient (Wildman–Crippen LogP) is 4.92. The van der Waals surface area contributed by atoms with Gasteiger partial charge in [0.05, 0.1) is 6.10 Å². The van der Waals surface area contributed by atoms with Gasteiger partial charge in [-0.3, -0.25) is 0 Å². The highest BCUT2D eigenvalue weighted by atomic mass is 28.4. The molecule has 0 radical (unpaired) electrons. The Labute approximate surface area is 127 Å². The molecule has 0 aliphatic carbocycles. The van der Waals surface area contributed by atoms with Crippen molar-refractivity contribution in [1.82, 2.24) is 0 Å². The molecule has 0 aromatic rings. The summed E-state index contributed by atoms with van der Waals surface area (Å²) in [5.74, 6) is 0.371. The van der Waals surface area contributed by atoms with Crippen LogP contribution in [0.25, 0.3) is 0 Å². The molecule has 0 spiro atoms. The van der Waals surface area contributed by atoms with Crippen LogP contribution < -0.4 is 0 Å². The zero-order valence-electron chi connectivity index (χ0n) is 14.7. The minimum atomic E-state index is -1.69. The molecule has 2 atom stereocenters. The fourth-order valence-electron chi connectivity index (χ4n) is 1.75. The molecule has 0 saturated heterocycles. The average molecular weight is 299 g/mol. The fourth-order valence-corrected chi connectivity index (χ4v) is 2.82. The smallest absolute Gasteiger partial charge is 0.191 e. The molecule has 20 heavy (non-hydrogen) atoms. The maximum Gasteiger partial charge on any atom is 0.191 e. The molecule has 0 aromatic carbocycles. The van der Waals surface area contributed by atoms with Gasteiger partial charge in [-0.2, -0.15) is 0 Å². The van der Waals surface area contributed by atoms with Gasteiger partial charge >= 0.3 is 0 Å². The van der Waals surface area contributed by atoms with Gasteiger partial charge in [0.1, 0.15) is 0 Å². The second kappa shape index (κ2) is 8.16. The maximum absolute atomic E-state index is 10.2. The van der Waals surface area contributed by atoms with E-state index in [9.17, 15) is 5.11 Å². The van der Waals surface area contributed by atoms with E-state index >= 15 is 0 Å². The predicted molar refractivity (Wildman–Crippen MR) is 91.5 cm³/mol. The third-order valence-corrected chi connectivity index (χ3v) is 8.75. The number of rotatable bonds is 7. The Hall–Kier alpha value is -0.383. The van der Waals surface area contributed by atoms with Crippen molar-refractivity contribution in [3.63, 3.8) is 0 Å². The van der Waals surface area contributed by atoms with Crippen molar-refractivity contribution >= 4 is 8.32 Å². The molecule has 0 bridgehead atoms. The summed E-state index contributed by atoms with van der Waals surface area (Å²) in [4.78, 5) is 0. The monoisotopic (exact) mass is 298 g/mol. The van der Waals surface area contributed by atoms with Gasteiger partial charge in [0.25, 0.3) is 0 Å². The number of allylic oxidation sites excluding steroid dienone is 3. The Bertz CT molecular complexity index is 337. The van der Waals surface area contributed by atoms with E-state index in [1.807, 2.05) is 19.9 Å². The summed E-state index contributed by atoms with van der Waals surface area (Å²) in [6.45, 7) is 18.0. The van der Waals surface area contributed by atoms with Crippen molar-refractivity contribution in [2.75, 3.05) is 6.61 Å². The van der Waals surface area contributed by atoms with Gasteiger partial charge in [-0.1, -0.05) is 45.9 Å². The minimum absolute atomic E-state index is 0.225. The molecule has 0 aliphatic rings. The summed E-state index contributed by atoms with van der Waals surface area (Å²) in [5, 5.41) is 10.4. The molecule has 0 fully saturated rings. The van der Waals surface area contributed by atoms with Crippen LogP contribution in [0.1, 0.15) is 48.0 Å². The second-order valence-electron chi connectivity index (χ2n) is 7.21. The van der Waals surface area contributed by atoms with Crippen LogP contribution in [0.3, 0.4) is 0 Å². The SMILES string of the molecule is C/C=C\[C@H](C)/C=C(\C)C(O)CCO[Si](C)(C)C(C)(C)C. The van der Waals surface area contributed by atoms with Crippen LogP contribution in [-0.2, 0) is 4.43 Å². The van der Waals surface area contributed by atoms with E-state index in [0.717, 1.165) is 5.57 Å². The first-order valence-electron chi connectivity index (χ1n) is 7.64. The van der Waals surface area contributed by atoms with Crippen molar-refractivity contribution in [3.8, 4) is 0 Å². The first-order chi connectivity index (χ1) is 9.01. The third-order valence-electron chi connectivity index (χ3n) is 4.21. The molecule has 3 heteroatoms. The van der Waals surface area contributed by atoms with Crippen LogP contribution in [0.15, 0.2) is 23.8 Å². The number of hydrogen-bond donors (Lipinski definition) is 1. The summed E-state index contributed by atoms with van der Waals surface area (Å²) in [7, 11) is -1.69. The van der Waals surface area contributed by atoms with Crippen LogP contribution in [0.5, 0.6) is 0 Å². The first kappa shape index (κ1) is 19.6. The fraction of sp³-hybridized carbons (Fsp3) is 0.765. The average Bonchev–Trinajstić information content (AvgIpc) is 2.27. The Morgan fingerprint density at radius 3 is 2.30 bits per heavy atom. The molecule has 0 amide bonds. The summed E-state index contributed by atoms with van der Waals surface area (Å²) in [6, 6.07) is 0. The highest BCUT2D eigenvalue weighted by Crippen LogP contribution is 2.36. The van der Waals surface area contributed by atoms with Crippen LogP contribution in [0.4, 0.5) is 0 Å². The van der Waals surface area contributed by atoms with Gasteiger partial charge in [-0.05, 0) is 49.9 Å². The van der Waals surface area contributed by atoms with Crippen molar-refractivity contribution in [1.29, 1.82) is 0 Å². The lowest BCUT2D eigenvalue weighted by molar-refractivity contribution is 0.162. The van der Waals surface area contributed by atoms with Crippen LogP contribution in [0.2, 0.25) is 18.1 Å². The van der Waals surface area contributed by atoms with Crippen molar-refractivity contribution in [3.05, 3.63) is 23.8 Å². The lowest BCUT2D eigenvalue weighted by atomic mass is 10.0. The van der Waals surface area contributed by atoms with E-state index in [1.165, 1.54) is 0 Å². The molecule has 1 unspecified atom stereocenters. The Morgan fingerprint density at radius 1 is 1.30 bits per heavy atom. The van der Waals surface area contributed by atoms with Crippen molar-refractivity contribution in [2.24, 2.45) is 5.92 Å². The largest absolute Gasteiger partial charge is 0.417 e. The van der Waals surface area contributed by atoms with Gasteiger partial charge < -0.3 is 9.53 Å². The zero-order valence-corrected chi connectivity index (χ0v) is 15.7. The van der Waals surface area contributed by atoms with E-state index < -0.39 is 14.4 Å².